The number of anilines is 1. The number of para-hydroxylation sites is 1. The minimum Gasteiger partial charge on any atom is -0.285 e. The van der Waals surface area contributed by atoms with Crippen molar-refractivity contribution >= 4 is 44.5 Å². The number of carbonyl (C=O) groups is 1. The Morgan fingerprint density at radius 3 is 1.94 bits per heavy atom. The maximum Gasteiger partial charge on any atom is 0.292 e. The molecule has 0 radical (unpaired) electrons. The molecule has 3 aromatic carbocycles. The zero-order valence-corrected chi connectivity index (χ0v) is 19.7. The van der Waals surface area contributed by atoms with E-state index in [1.54, 1.807) is 0 Å². The molecule has 5 rings (SSSR count). The summed E-state index contributed by atoms with van der Waals surface area (Å²) in [6, 6.07) is 26.1. The van der Waals surface area contributed by atoms with E-state index in [1.807, 2.05) is 92.7 Å². The number of fused-ring (bicyclic) bond motifs is 1. The first-order valence-corrected chi connectivity index (χ1v) is 12.0. The number of benzene rings is 3. The molecule has 2 aromatic heterocycles. The minimum absolute atomic E-state index is 0.266. The Balaban J connectivity index is 1.46. The van der Waals surface area contributed by atoms with Gasteiger partial charge < -0.3 is 0 Å². The highest BCUT2D eigenvalue weighted by Gasteiger charge is 2.14. The summed E-state index contributed by atoms with van der Waals surface area (Å²) in [6.07, 6.45) is 0. The lowest BCUT2D eigenvalue weighted by Gasteiger charge is -2.10. The van der Waals surface area contributed by atoms with Crippen LogP contribution in [0.4, 0.5) is 10.7 Å². The summed E-state index contributed by atoms with van der Waals surface area (Å²) in [5.74, 6) is 0.266. The highest BCUT2D eigenvalue weighted by Crippen LogP contribution is 2.31. The van der Waals surface area contributed by atoms with E-state index in [1.165, 1.54) is 22.5 Å². The van der Waals surface area contributed by atoms with E-state index in [0.29, 0.717) is 4.34 Å². The summed E-state index contributed by atoms with van der Waals surface area (Å²) in [5, 5.41) is 2.57. The lowest BCUT2D eigenvalue weighted by Crippen LogP contribution is -2.09. The number of hydrogen-bond acceptors (Lipinski definition) is 6. The average Bonchev–Trinajstić information content (AvgIpc) is 3.22. The first-order chi connectivity index (χ1) is 16.0. The fourth-order valence-electron chi connectivity index (χ4n) is 3.34. The molecule has 0 unspecified atom stereocenters. The highest BCUT2D eigenvalue weighted by atomic mass is 32.2. The van der Waals surface area contributed by atoms with Gasteiger partial charge in [-0.05, 0) is 32.0 Å². The summed E-state index contributed by atoms with van der Waals surface area (Å²) < 4.78 is 1.73. The van der Waals surface area contributed by atoms with Crippen molar-refractivity contribution in [3.05, 3.63) is 90.0 Å². The van der Waals surface area contributed by atoms with Crippen LogP contribution in [0.25, 0.3) is 32.7 Å². The van der Waals surface area contributed by atoms with Crippen molar-refractivity contribution in [2.45, 2.75) is 18.2 Å². The minimum atomic E-state index is -0.273. The molecule has 33 heavy (non-hydrogen) atoms. The lowest BCUT2D eigenvalue weighted by atomic mass is 10.1. The molecule has 1 amide bonds. The van der Waals surface area contributed by atoms with Gasteiger partial charge in [0.1, 0.15) is 0 Å². The van der Waals surface area contributed by atoms with Gasteiger partial charge in [-0.15, -0.1) is 11.3 Å². The second-order valence-electron chi connectivity index (χ2n) is 7.66. The standard InChI is InChI=1S/C26H20N4OS2/c1-16-7-11-18(12-8-16)21-15-22(19-13-9-17(2)10-14-19)28-24(27-21)30-25(31)33-26-29-20-5-3-4-6-23(20)32-26/h3-15H,1-2H3,(H,27,28,30,31). The second kappa shape index (κ2) is 9.13. The van der Waals surface area contributed by atoms with Gasteiger partial charge in [-0.25, -0.2) is 15.0 Å². The summed E-state index contributed by atoms with van der Waals surface area (Å²) in [6.45, 7) is 4.10. The molecular weight excluding hydrogens is 448 g/mol. The summed E-state index contributed by atoms with van der Waals surface area (Å²) >= 11 is 2.54. The SMILES string of the molecule is Cc1ccc(-c2cc(-c3ccc(C)cc3)nc(NC(=O)Sc3nc4ccccc4s3)n2)cc1. The number of carbonyl (C=O) groups excluding carboxylic acids is 1. The molecule has 5 nitrogen and oxygen atoms in total. The van der Waals surface area contributed by atoms with Gasteiger partial charge in [0.25, 0.3) is 5.24 Å². The molecule has 0 saturated heterocycles. The molecule has 5 aromatic rings. The Morgan fingerprint density at radius 2 is 1.36 bits per heavy atom. The quantitative estimate of drug-likeness (QED) is 0.279. The average molecular weight is 469 g/mol. The molecule has 0 aliphatic heterocycles. The van der Waals surface area contributed by atoms with E-state index >= 15 is 0 Å². The Bertz CT molecular complexity index is 1350. The third kappa shape index (κ3) is 4.94. The van der Waals surface area contributed by atoms with Crippen LogP contribution in [0.5, 0.6) is 0 Å². The molecule has 2 heterocycles. The van der Waals surface area contributed by atoms with Crippen molar-refractivity contribution < 1.29 is 4.79 Å². The van der Waals surface area contributed by atoms with Gasteiger partial charge in [0.05, 0.1) is 21.6 Å². The van der Waals surface area contributed by atoms with Crippen LogP contribution >= 0.6 is 23.1 Å². The van der Waals surface area contributed by atoms with E-state index in [0.717, 1.165) is 44.5 Å². The molecule has 0 bridgehead atoms. The molecule has 0 atom stereocenters. The van der Waals surface area contributed by atoms with Crippen LogP contribution in [-0.2, 0) is 0 Å². The Morgan fingerprint density at radius 1 is 0.788 bits per heavy atom. The first-order valence-electron chi connectivity index (χ1n) is 10.4. The van der Waals surface area contributed by atoms with E-state index in [-0.39, 0.29) is 11.2 Å². The zero-order chi connectivity index (χ0) is 22.8. The normalized spacial score (nSPS) is 11.0. The van der Waals surface area contributed by atoms with Crippen molar-refractivity contribution in [1.82, 2.24) is 15.0 Å². The number of rotatable bonds is 4. The maximum atomic E-state index is 12.8. The number of hydrogen-bond donors (Lipinski definition) is 1. The van der Waals surface area contributed by atoms with Crippen molar-refractivity contribution in [3.63, 3.8) is 0 Å². The van der Waals surface area contributed by atoms with Crippen LogP contribution in [0.3, 0.4) is 0 Å². The van der Waals surface area contributed by atoms with Gasteiger partial charge in [-0.2, -0.15) is 0 Å². The molecular formula is C26H20N4OS2. The second-order valence-corrected chi connectivity index (χ2v) is 9.91. The number of aryl methyl sites for hydroxylation is 2. The third-order valence-corrected chi connectivity index (χ3v) is 6.97. The molecule has 7 heteroatoms. The Kier molecular flexibility index (Phi) is 5.90. The van der Waals surface area contributed by atoms with Gasteiger partial charge in [0.15, 0.2) is 4.34 Å². The molecule has 0 fully saturated rings. The van der Waals surface area contributed by atoms with E-state index in [9.17, 15) is 4.79 Å². The monoisotopic (exact) mass is 468 g/mol. The first kappa shape index (κ1) is 21.3. The summed E-state index contributed by atoms with van der Waals surface area (Å²) in [7, 11) is 0. The molecule has 0 aliphatic carbocycles. The number of nitrogens with one attached hydrogen (secondary N) is 1. The van der Waals surface area contributed by atoms with Crippen molar-refractivity contribution in [1.29, 1.82) is 0 Å². The van der Waals surface area contributed by atoms with Crippen LogP contribution in [0, 0.1) is 13.8 Å². The highest BCUT2D eigenvalue weighted by molar-refractivity contribution is 8.15. The molecule has 0 spiro atoms. The number of aromatic nitrogens is 3. The fourth-order valence-corrected chi connectivity index (χ4v) is 5.14. The van der Waals surface area contributed by atoms with Crippen LogP contribution in [-0.4, -0.2) is 20.2 Å². The Hall–Kier alpha value is -3.55. The van der Waals surface area contributed by atoms with Crippen LogP contribution in [0.15, 0.2) is 83.2 Å². The van der Waals surface area contributed by atoms with Crippen LogP contribution < -0.4 is 5.32 Å². The van der Waals surface area contributed by atoms with Crippen LogP contribution in [0.1, 0.15) is 11.1 Å². The van der Waals surface area contributed by atoms with Crippen molar-refractivity contribution in [2.75, 3.05) is 5.32 Å². The fraction of sp³-hybridized carbons (Fsp3) is 0.0769. The largest absolute Gasteiger partial charge is 0.292 e. The predicted molar refractivity (Wildman–Crippen MR) is 137 cm³/mol. The Labute approximate surface area is 200 Å². The lowest BCUT2D eigenvalue weighted by molar-refractivity contribution is 0.269. The van der Waals surface area contributed by atoms with Crippen LogP contribution in [0.2, 0.25) is 0 Å². The van der Waals surface area contributed by atoms with Gasteiger partial charge in [-0.1, -0.05) is 71.8 Å². The number of thioether (sulfide) groups is 1. The van der Waals surface area contributed by atoms with Crippen molar-refractivity contribution in [3.8, 4) is 22.5 Å². The molecule has 0 saturated carbocycles. The topological polar surface area (TPSA) is 67.8 Å². The maximum absolute atomic E-state index is 12.8. The number of amides is 1. The molecule has 0 aliphatic rings. The predicted octanol–water partition coefficient (Wildman–Crippen LogP) is 7.36. The van der Waals surface area contributed by atoms with Gasteiger partial charge in [-0.3, -0.25) is 10.1 Å². The number of thiazole rings is 1. The number of nitrogens with zero attached hydrogens (tertiary/aromatic N) is 3. The molecule has 1 N–H and O–H groups in total. The van der Waals surface area contributed by atoms with E-state index < -0.39 is 0 Å². The summed E-state index contributed by atoms with van der Waals surface area (Å²) in [5.41, 5.74) is 6.66. The van der Waals surface area contributed by atoms with Crippen molar-refractivity contribution in [2.24, 2.45) is 0 Å². The van der Waals surface area contributed by atoms with Gasteiger partial charge in [0, 0.05) is 22.9 Å². The third-order valence-electron chi connectivity index (χ3n) is 5.09. The van der Waals surface area contributed by atoms with Gasteiger partial charge in [0.2, 0.25) is 5.95 Å². The zero-order valence-electron chi connectivity index (χ0n) is 18.1. The molecule has 162 valence electrons. The van der Waals surface area contributed by atoms with E-state index in [2.05, 4.69) is 20.3 Å². The van der Waals surface area contributed by atoms with Gasteiger partial charge >= 0.3 is 0 Å². The van der Waals surface area contributed by atoms with E-state index in [4.69, 9.17) is 0 Å². The summed E-state index contributed by atoms with van der Waals surface area (Å²) in [4.78, 5) is 26.6. The smallest absolute Gasteiger partial charge is 0.285 e.